The molecule has 0 spiro atoms. The van der Waals surface area contributed by atoms with Crippen molar-refractivity contribution in [3.05, 3.63) is 43.2 Å². The summed E-state index contributed by atoms with van der Waals surface area (Å²) in [6.45, 7) is 7.61. The molecular formula is C11H16N2O3S. The number of hydrogen-bond acceptors (Lipinski definition) is 4. The Labute approximate surface area is 101 Å². The van der Waals surface area contributed by atoms with E-state index in [4.69, 9.17) is 10.2 Å². The maximum absolute atomic E-state index is 12.1. The summed E-state index contributed by atoms with van der Waals surface area (Å²) in [7, 11) is -3.65. The molecule has 0 aliphatic carbocycles. The van der Waals surface area contributed by atoms with Gasteiger partial charge in [0.1, 0.15) is 5.76 Å². The maximum atomic E-state index is 12.1. The van der Waals surface area contributed by atoms with E-state index in [9.17, 15) is 8.42 Å². The van der Waals surface area contributed by atoms with Gasteiger partial charge in [-0.15, -0.1) is 13.2 Å². The lowest BCUT2D eigenvalue weighted by atomic mass is 10.5. The van der Waals surface area contributed by atoms with Gasteiger partial charge >= 0.3 is 0 Å². The minimum absolute atomic E-state index is 0.110. The van der Waals surface area contributed by atoms with Gasteiger partial charge in [0.25, 0.3) is 10.0 Å². The van der Waals surface area contributed by atoms with Crippen LogP contribution >= 0.6 is 0 Å². The molecule has 0 bridgehead atoms. The molecule has 17 heavy (non-hydrogen) atoms. The van der Waals surface area contributed by atoms with Crippen LogP contribution in [0.3, 0.4) is 0 Å². The van der Waals surface area contributed by atoms with E-state index in [2.05, 4.69) is 13.2 Å². The van der Waals surface area contributed by atoms with Crippen molar-refractivity contribution in [2.75, 3.05) is 13.1 Å². The molecule has 1 aromatic rings. The van der Waals surface area contributed by atoms with Crippen molar-refractivity contribution >= 4 is 10.0 Å². The van der Waals surface area contributed by atoms with Crippen molar-refractivity contribution in [3.8, 4) is 0 Å². The van der Waals surface area contributed by atoms with Crippen LogP contribution in [0.5, 0.6) is 0 Å². The molecule has 0 radical (unpaired) electrons. The molecule has 6 heteroatoms. The van der Waals surface area contributed by atoms with Crippen LogP contribution in [0.15, 0.2) is 47.0 Å². The first-order valence-electron chi connectivity index (χ1n) is 5.07. The predicted molar refractivity (Wildman–Crippen MR) is 65.8 cm³/mol. The quantitative estimate of drug-likeness (QED) is 0.741. The molecule has 0 aromatic carbocycles. The van der Waals surface area contributed by atoms with E-state index in [1.54, 1.807) is 6.07 Å². The smallest absolute Gasteiger partial charge is 0.277 e. The molecule has 5 nitrogen and oxygen atoms in total. The Bertz CT molecular complexity index is 481. The zero-order valence-electron chi connectivity index (χ0n) is 9.50. The summed E-state index contributed by atoms with van der Waals surface area (Å²) in [5, 5.41) is -0.110. The van der Waals surface area contributed by atoms with Crippen LogP contribution in [0.4, 0.5) is 0 Å². The highest BCUT2D eigenvalue weighted by atomic mass is 32.2. The monoisotopic (exact) mass is 256 g/mol. The Morgan fingerprint density at radius 2 is 1.88 bits per heavy atom. The molecule has 0 aliphatic rings. The summed E-state index contributed by atoms with van der Waals surface area (Å²) in [4.78, 5) is 0. The van der Waals surface area contributed by atoms with Crippen LogP contribution in [0.2, 0.25) is 0 Å². The van der Waals surface area contributed by atoms with E-state index in [0.29, 0.717) is 5.76 Å². The fourth-order valence-electron chi connectivity index (χ4n) is 1.29. The second kappa shape index (κ2) is 5.81. The van der Waals surface area contributed by atoms with Crippen molar-refractivity contribution in [2.45, 2.75) is 11.6 Å². The van der Waals surface area contributed by atoms with Crippen LogP contribution < -0.4 is 5.73 Å². The Kier molecular flexibility index (Phi) is 4.68. The van der Waals surface area contributed by atoms with Crippen LogP contribution in [0, 0.1) is 0 Å². The van der Waals surface area contributed by atoms with E-state index in [0.717, 1.165) is 0 Å². The number of hydrogen-bond donors (Lipinski definition) is 1. The molecule has 0 atom stereocenters. The zero-order chi connectivity index (χ0) is 12.9. The molecule has 0 fully saturated rings. The highest BCUT2D eigenvalue weighted by Gasteiger charge is 2.25. The highest BCUT2D eigenvalue weighted by molar-refractivity contribution is 7.89. The van der Waals surface area contributed by atoms with E-state index in [1.807, 2.05) is 0 Å². The molecule has 1 rings (SSSR count). The molecule has 0 unspecified atom stereocenters. The van der Waals surface area contributed by atoms with Crippen LogP contribution in [-0.2, 0) is 16.6 Å². The normalized spacial score (nSPS) is 11.6. The van der Waals surface area contributed by atoms with Crippen LogP contribution in [-0.4, -0.2) is 25.8 Å². The van der Waals surface area contributed by atoms with Gasteiger partial charge in [-0.3, -0.25) is 0 Å². The van der Waals surface area contributed by atoms with Gasteiger partial charge in [-0.05, 0) is 12.1 Å². The Morgan fingerprint density at radius 1 is 1.29 bits per heavy atom. The minimum Gasteiger partial charge on any atom is -0.447 e. The Hall–Kier alpha value is -1.37. The lowest BCUT2D eigenvalue weighted by Gasteiger charge is -2.16. The number of furan rings is 1. The summed E-state index contributed by atoms with van der Waals surface area (Å²) in [5.41, 5.74) is 5.37. The van der Waals surface area contributed by atoms with Gasteiger partial charge in [0.15, 0.2) is 0 Å². The van der Waals surface area contributed by atoms with E-state index in [-0.39, 0.29) is 24.7 Å². The number of nitrogens with two attached hydrogens (primary N) is 1. The van der Waals surface area contributed by atoms with Gasteiger partial charge < -0.3 is 10.2 Å². The first kappa shape index (κ1) is 13.7. The van der Waals surface area contributed by atoms with Gasteiger partial charge in [-0.2, -0.15) is 4.31 Å². The van der Waals surface area contributed by atoms with Crippen molar-refractivity contribution in [1.29, 1.82) is 0 Å². The molecule has 1 aromatic heterocycles. The second-order valence-electron chi connectivity index (χ2n) is 3.32. The summed E-state index contributed by atoms with van der Waals surface area (Å²) < 4.78 is 30.6. The largest absolute Gasteiger partial charge is 0.447 e. The lowest BCUT2D eigenvalue weighted by Crippen LogP contribution is -2.31. The number of rotatable bonds is 7. The van der Waals surface area contributed by atoms with Crippen LogP contribution in [0.1, 0.15) is 5.76 Å². The fourth-order valence-corrected chi connectivity index (χ4v) is 2.60. The van der Waals surface area contributed by atoms with Gasteiger partial charge in [0, 0.05) is 13.1 Å². The second-order valence-corrected chi connectivity index (χ2v) is 5.19. The van der Waals surface area contributed by atoms with E-state index < -0.39 is 10.0 Å². The Balaban J connectivity index is 3.05. The Morgan fingerprint density at radius 3 is 2.29 bits per heavy atom. The fraction of sp³-hybridized carbons (Fsp3) is 0.273. The van der Waals surface area contributed by atoms with Gasteiger partial charge in [0.05, 0.1) is 6.54 Å². The summed E-state index contributed by atoms with van der Waals surface area (Å²) in [5.74, 6) is 0.431. The third kappa shape index (κ3) is 3.06. The van der Waals surface area contributed by atoms with Gasteiger partial charge in [-0.1, -0.05) is 12.2 Å². The average molecular weight is 256 g/mol. The molecule has 1 heterocycles. The van der Waals surface area contributed by atoms with E-state index in [1.165, 1.54) is 22.5 Å². The first-order valence-corrected chi connectivity index (χ1v) is 6.51. The molecule has 2 N–H and O–H groups in total. The van der Waals surface area contributed by atoms with Crippen molar-refractivity contribution in [1.82, 2.24) is 4.31 Å². The SMILES string of the molecule is C=CCN(CC=C)S(=O)(=O)c1ccc(CN)o1. The van der Waals surface area contributed by atoms with E-state index >= 15 is 0 Å². The molecule has 94 valence electrons. The average Bonchev–Trinajstić information content (AvgIpc) is 2.78. The standard InChI is InChI=1S/C11H16N2O3S/c1-3-7-13(8-4-2)17(14,15)11-6-5-10(9-12)16-11/h3-6H,1-2,7-9,12H2. The van der Waals surface area contributed by atoms with Crippen molar-refractivity contribution in [2.24, 2.45) is 5.73 Å². The van der Waals surface area contributed by atoms with Gasteiger partial charge in [-0.25, -0.2) is 8.42 Å². The van der Waals surface area contributed by atoms with Crippen molar-refractivity contribution in [3.63, 3.8) is 0 Å². The predicted octanol–water partition coefficient (Wildman–Crippen LogP) is 1.10. The molecule has 0 amide bonds. The molecular weight excluding hydrogens is 240 g/mol. The number of sulfonamides is 1. The zero-order valence-corrected chi connectivity index (χ0v) is 10.3. The topological polar surface area (TPSA) is 76.5 Å². The molecule has 0 aliphatic heterocycles. The molecule has 0 saturated carbocycles. The third-order valence-electron chi connectivity index (χ3n) is 2.10. The lowest BCUT2D eigenvalue weighted by molar-refractivity contribution is 0.389. The van der Waals surface area contributed by atoms with Gasteiger partial charge in [0.2, 0.25) is 5.09 Å². The number of nitrogens with zero attached hydrogens (tertiary/aromatic N) is 1. The van der Waals surface area contributed by atoms with Crippen LogP contribution in [0.25, 0.3) is 0 Å². The summed E-state index contributed by atoms with van der Waals surface area (Å²) >= 11 is 0. The minimum atomic E-state index is -3.65. The maximum Gasteiger partial charge on any atom is 0.277 e. The summed E-state index contributed by atoms with van der Waals surface area (Å²) in [6.07, 6.45) is 3.02. The first-order chi connectivity index (χ1) is 8.06. The van der Waals surface area contributed by atoms with Crippen molar-refractivity contribution < 1.29 is 12.8 Å². The highest BCUT2D eigenvalue weighted by Crippen LogP contribution is 2.18. The summed E-state index contributed by atoms with van der Waals surface area (Å²) in [6, 6.07) is 2.95. The third-order valence-corrected chi connectivity index (χ3v) is 3.80. The molecule has 0 saturated heterocycles.